The van der Waals surface area contributed by atoms with Crippen LogP contribution in [0.25, 0.3) is 0 Å². The average Bonchev–Trinajstić information content (AvgIpc) is 2.14. The van der Waals surface area contributed by atoms with Crippen molar-refractivity contribution >= 4 is 30.0 Å². The number of carbonyl (C=O) groups is 1. The molecule has 0 heterocycles. The summed E-state index contributed by atoms with van der Waals surface area (Å²) in [7, 11) is 0. The Hall–Kier alpha value is -0.770. The molecule has 3 nitrogen and oxygen atoms in total. The van der Waals surface area contributed by atoms with Crippen molar-refractivity contribution in [2.45, 2.75) is 6.42 Å². The number of hydrogen-bond donors (Lipinski definition) is 2. The smallest absolute Gasteiger partial charge is 0.308 e. The van der Waals surface area contributed by atoms with Gasteiger partial charge in [-0.2, -0.15) is 0 Å². The van der Waals surface area contributed by atoms with Crippen LogP contribution in [0.4, 0.5) is 0 Å². The number of aliphatic carboxylic acids is 1. The third-order valence-corrected chi connectivity index (χ3v) is 2.24. The monoisotopic (exact) mass is 249 g/mol. The molecule has 0 radical (unpaired) electrons. The first kappa shape index (κ1) is 14.2. The third-order valence-electron chi connectivity index (χ3n) is 2.00. The number of carboxylic acid groups (broad SMARTS) is 1. The second-order valence-corrected chi connectivity index (χ2v) is 3.54. The summed E-state index contributed by atoms with van der Waals surface area (Å²) in [6.45, 7) is 0.141. The highest BCUT2D eigenvalue weighted by atomic mass is 35.5. The van der Waals surface area contributed by atoms with Crippen molar-refractivity contribution in [2.75, 3.05) is 6.54 Å². The largest absolute Gasteiger partial charge is 0.481 e. The van der Waals surface area contributed by atoms with Crippen LogP contribution in [0.1, 0.15) is 5.56 Å². The van der Waals surface area contributed by atoms with Gasteiger partial charge in [-0.3, -0.25) is 4.79 Å². The predicted octanol–water partition coefficient (Wildman–Crippen LogP) is 1.96. The Balaban J connectivity index is 0.00000196. The molecule has 0 aliphatic heterocycles. The van der Waals surface area contributed by atoms with E-state index in [0.717, 1.165) is 5.56 Å². The van der Waals surface area contributed by atoms with Crippen LogP contribution in [-0.4, -0.2) is 17.6 Å². The molecule has 1 rings (SSSR count). The van der Waals surface area contributed by atoms with Gasteiger partial charge in [0.2, 0.25) is 0 Å². The van der Waals surface area contributed by atoms with E-state index in [9.17, 15) is 4.79 Å². The lowest BCUT2D eigenvalue weighted by Crippen LogP contribution is -2.25. The Bertz CT molecular complexity index is 331. The van der Waals surface area contributed by atoms with Crippen LogP contribution < -0.4 is 5.73 Å². The minimum absolute atomic E-state index is 0. The minimum atomic E-state index is -0.868. The van der Waals surface area contributed by atoms with Crippen molar-refractivity contribution in [3.63, 3.8) is 0 Å². The van der Waals surface area contributed by atoms with Gasteiger partial charge >= 0.3 is 5.97 Å². The zero-order valence-corrected chi connectivity index (χ0v) is 9.59. The van der Waals surface area contributed by atoms with Gasteiger partial charge in [-0.05, 0) is 24.1 Å². The van der Waals surface area contributed by atoms with Crippen LogP contribution in [0.2, 0.25) is 5.02 Å². The normalized spacial score (nSPS) is 11.6. The Kier molecular flexibility index (Phi) is 6.32. The quantitative estimate of drug-likeness (QED) is 0.858. The van der Waals surface area contributed by atoms with Gasteiger partial charge in [-0.1, -0.05) is 23.7 Å². The van der Waals surface area contributed by atoms with Gasteiger partial charge in [0.1, 0.15) is 0 Å². The SMILES string of the molecule is Cl.NC[C@@H](Cc1cccc(Cl)c1)C(=O)O. The molecule has 0 aliphatic rings. The summed E-state index contributed by atoms with van der Waals surface area (Å²) in [5.74, 6) is -1.40. The molecule has 1 aromatic carbocycles. The molecule has 3 N–H and O–H groups in total. The van der Waals surface area contributed by atoms with Gasteiger partial charge in [0.25, 0.3) is 0 Å². The summed E-state index contributed by atoms with van der Waals surface area (Å²) in [4.78, 5) is 10.7. The second-order valence-electron chi connectivity index (χ2n) is 3.10. The van der Waals surface area contributed by atoms with Gasteiger partial charge in [0.05, 0.1) is 5.92 Å². The number of hydrogen-bond acceptors (Lipinski definition) is 2. The van der Waals surface area contributed by atoms with Crippen molar-refractivity contribution < 1.29 is 9.90 Å². The second kappa shape index (κ2) is 6.67. The molecule has 0 saturated carbocycles. The standard InChI is InChI=1S/C10H12ClNO2.ClH/c11-9-3-1-2-7(5-9)4-8(6-12)10(13)14;/h1-3,5,8H,4,6,12H2,(H,13,14);1H/t8-;/m1./s1. The van der Waals surface area contributed by atoms with Gasteiger partial charge < -0.3 is 10.8 Å². The van der Waals surface area contributed by atoms with Gasteiger partial charge in [-0.15, -0.1) is 12.4 Å². The number of carboxylic acids is 1. The summed E-state index contributed by atoms with van der Waals surface area (Å²) >= 11 is 5.77. The van der Waals surface area contributed by atoms with Crippen molar-refractivity contribution in [3.05, 3.63) is 34.9 Å². The van der Waals surface area contributed by atoms with Crippen molar-refractivity contribution in [1.29, 1.82) is 0 Å². The van der Waals surface area contributed by atoms with E-state index in [0.29, 0.717) is 11.4 Å². The maximum absolute atomic E-state index is 10.7. The van der Waals surface area contributed by atoms with E-state index in [2.05, 4.69) is 0 Å². The number of benzene rings is 1. The highest BCUT2D eigenvalue weighted by Crippen LogP contribution is 2.14. The molecule has 0 amide bonds. The average molecular weight is 250 g/mol. The molecule has 0 spiro atoms. The highest BCUT2D eigenvalue weighted by Gasteiger charge is 2.15. The Morgan fingerprint density at radius 1 is 1.53 bits per heavy atom. The molecular weight excluding hydrogens is 237 g/mol. The zero-order valence-electron chi connectivity index (χ0n) is 8.02. The summed E-state index contributed by atoms with van der Waals surface area (Å²) in [5.41, 5.74) is 6.24. The Morgan fingerprint density at radius 2 is 2.20 bits per heavy atom. The molecule has 5 heteroatoms. The van der Waals surface area contributed by atoms with Crippen LogP contribution >= 0.6 is 24.0 Å². The number of rotatable bonds is 4. The van der Waals surface area contributed by atoms with E-state index in [1.165, 1.54) is 0 Å². The first-order chi connectivity index (χ1) is 6.63. The minimum Gasteiger partial charge on any atom is -0.481 e. The van der Waals surface area contributed by atoms with E-state index in [-0.39, 0.29) is 19.0 Å². The molecule has 84 valence electrons. The van der Waals surface area contributed by atoms with Crippen LogP contribution in [0.3, 0.4) is 0 Å². The zero-order chi connectivity index (χ0) is 10.6. The molecule has 0 fully saturated rings. The van der Waals surface area contributed by atoms with Gasteiger partial charge in [0.15, 0.2) is 0 Å². The van der Waals surface area contributed by atoms with E-state index in [4.69, 9.17) is 22.4 Å². The topological polar surface area (TPSA) is 63.3 Å². The van der Waals surface area contributed by atoms with Gasteiger partial charge in [-0.25, -0.2) is 0 Å². The first-order valence-electron chi connectivity index (χ1n) is 4.31. The van der Waals surface area contributed by atoms with E-state index < -0.39 is 11.9 Å². The summed E-state index contributed by atoms with van der Waals surface area (Å²) in [6.07, 6.45) is 0.423. The van der Waals surface area contributed by atoms with Crippen molar-refractivity contribution in [1.82, 2.24) is 0 Å². The lowest BCUT2D eigenvalue weighted by Gasteiger charge is -2.09. The highest BCUT2D eigenvalue weighted by molar-refractivity contribution is 6.30. The van der Waals surface area contributed by atoms with E-state index >= 15 is 0 Å². The van der Waals surface area contributed by atoms with E-state index in [1.54, 1.807) is 18.2 Å². The fraction of sp³-hybridized carbons (Fsp3) is 0.300. The fourth-order valence-corrected chi connectivity index (χ4v) is 1.43. The number of nitrogens with two attached hydrogens (primary N) is 1. The summed E-state index contributed by atoms with van der Waals surface area (Å²) < 4.78 is 0. The Morgan fingerprint density at radius 3 is 2.67 bits per heavy atom. The predicted molar refractivity (Wildman–Crippen MR) is 62.6 cm³/mol. The van der Waals surface area contributed by atoms with Crippen LogP contribution in [0, 0.1) is 5.92 Å². The Labute approximate surface area is 99.6 Å². The number of halogens is 2. The first-order valence-corrected chi connectivity index (χ1v) is 4.68. The molecule has 0 saturated heterocycles. The molecule has 0 aromatic heterocycles. The maximum atomic E-state index is 10.7. The maximum Gasteiger partial charge on any atom is 0.308 e. The molecule has 15 heavy (non-hydrogen) atoms. The third kappa shape index (κ3) is 4.51. The van der Waals surface area contributed by atoms with Gasteiger partial charge in [0, 0.05) is 11.6 Å². The summed E-state index contributed by atoms with van der Waals surface area (Å²) in [5, 5.41) is 9.41. The molecule has 1 aromatic rings. The molecule has 0 bridgehead atoms. The lowest BCUT2D eigenvalue weighted by atomic mass is 10.00. The molecule has 0 aliphatic carbocycles. The van der Waals surface area contributed by atoms with Crippen molar-refractivity contribution in [3.8, 4) is 0 Å². The van der Waals surface area contributed by atoms with Crippen LogP contribution in [-0.2, 0) is 11.2 Å². The summed E-state index contributed by atoms with van der Waals surface area (Å²) in [6, 6.07) is 7.15. The lowest BCUT2D eigenvalue weighted by molar-refractivity contribution is -0.141. The molecule has 0 unspecified atom stereocenters. The molecular formula is C10H13Cl2NO2. The fourth-order valence-electron chi connectivity index (χ4n) is 1.22. The van der Waals surface area contributed by atoms with Crippen LogP contribution in [0.5, 0.6) is 0 Å². The van der Waals surface area contributed by atoms with Crippen molar-refractivity contribution in [2.24, 2.45) is 11.7 Å². The molecule has 1 atom stereocenters. The van der Waals surface area contributed by atoms with Crippen LogP contribution in [0.15, 0.2) is 24.3 Å². The van der Waals surface area contributed by atoms with E-state index in [1.807, 2.05) is 6.07 Å².